The van der Waals surface area contributed by atoms with Gasteiger partial charge in [0.25, 0.3) is 0 Å². The van der Waals surface area contributed by atoms with Gasteiger partial charge in [-0.15, -0.1) is 0 Å². The lowest BCUT2D eigenvalue weighted by Crippen LogP contribution is -2.02. The molecule has 0 unspecified atom stereocenters. The monoisotopic (exact) mass is 220 g/mol. The number of thiophene rings is 1. The van der Waals surface area contributed by atoms with Crippen LogP contribution in [-0.4, -0.2) is 5.78 Å². The highest BCUT2D eigenvalue weighted by atomic mass is 32.1. The van der Waals surface area contributed by atoms with Gasteiger partial charge in [0.2, 0.25) is 0 Å². The van der Waals surface area contributed by atoms with Crippen molar-refractivity contribution in [2.75, 3.05) is 0 Å². The minimum absolute atomic E-state index is 0.0482. The van der Waals surface area contributed by atoms with Gasteiger partial charge in [-0.05, 0) is 34.5 Å². The first-order chi connectivity index (χ1) is 7.25. The lowest BCUT2D eigenvalue weighted by molar-refractivity contribution is 0.0992. The number of ketones is 1. The van der Waals surface area contributed by atoms with E-state index in [2.05, 4.69) is 0 Å². The third kappa shape index (κ3) is 2.50. The van der Waals surface area contributed by atoms with Gasteiger partial charge in [0, 0.05) is 12.0 Å². The van der Waals surface area contributed by atoms with E-state index in [0.717, 1.165) is 5.56 Å². The molecule has 0 amide bonds. The molecule has 0 aliphatic rings. The average molecular weight is 220 g/mol. The van der Waals surface area contributed by atoms with Crippen LogP contribution in [0.3, 0.4) is 0 Å². The third-order valence-corrected chi connectivity index (χ3v) is 2.82. The number of halogens is 1. The lowest BCUT2D eigenvalue weighted by Gasteiger charge is -1.99. The van der Waals surface area contributed by atoms with E-state index in [0.29, 0.717) is 12.0 Å². The van der Waals surface area contributed by atoms with E-state index in [1.54, 1.807) is 23.5 Å². The zero-order chi connectivity index (χ0) is 10.7. The molecule has 3 heteroatoms. The van der Waals surface area contributed by atoms with Crippen molar-refractivity contribution < 1.29 is 9.18 Å². The summed E-state index contributed by atoms with van der Waals surface area (Å²) in [6.07, 6.45) is 0.340. The van der Waals surface area contributed by atoms with Gasteiger partial charge in [0.1, 0.15) is 5.82 Å². The van der Waals surface area contributed by atoms with Crippen LogP contribution in [0, 0.1) is 5.82 Å². The molecular weight excluding hydrogens is 211 g/mol. The minimum Gasteiger partial charge on any atom is -0.294 e. The number of hydrogen-bond acceptors (Lipinski definition) is 2. The van der Waals surface area contributed by atoms with Crippen molar-refractivity contribution in [3.05, 3.63) is 58.0 Å². The Morgan fingerprint density at radius 3 is 2.87 bits per heavy atom. The molecule has 0 spiro atoms. The molecule has 76 valence electrons. The minimum atomic E-state index is -0.369. The first-order valence-corrected chi connectivity index (χ1v) is 5.50. The van der Waals surface area contributed by atoms with Gasteiger partial charge in [0.05, 0.1) is 0 Å². The Labute approximate surface area is 91.2 Å². The van der Waals surface area contributed by atoms with E-state index in [4.69, 9.17) is 0 Å². The second-order valence-electron chi connectivity index (χ2n) is 3.24. The molecule has 0 fully saturated rings. The van der Waals surface area contributed by atoms with Crippen LogP contribution in [0.1, 0.15) is 15.9 Å². The first kappa shape index (κ1) is 10.1. The summed E-state index contributed by atoms with van der Waals surface area (Å²) in [4.78, 5) is 11.7. The summed E-state index contributed by atoms with van der Waals surface area (Å²) in [6.45, 7) is 0. The van der Waals surface area contributed by atoms with Crippen LogP contribution in [0.15, 0.2) is 41.1 Å². The molecule has 1 aromatic carbocycles. The van der Waals surface area contributed by atoms with E-state index in [1.807, 2.05) is 16.8 Å². The number of benzene rings is 1. The Hall–Kier alpha value is -1.48. The Balaban J connectivity index is 2.15. The largest absolute Gasteiger partial charge is 0.294 e. The fraction of sp³-hybridized carbons (Fsp3) is 0.0833. The zero-order valence-corrected chi connectivity index (χ0v) is 8.76. The van der Waals surface area contributed by atoms with Crippen LogP contribution >= 0.6 is 11.3 Å². The van der Waals surface area contributed by atoms with E-state index in [9.17, 15) is 9.18 Å². The van der Waals surface area contributed by atoms with E-state index in [-0.39, 0.29) is 11.6 Å². The van der Waals surface area contributed by atoms with Crippen LogP contribution in [0.25, 0.3) is 0 Å². The van der Waals surface area contributed by atoms with Crippen molar-refractivity contribution in [1.29, 1.82) is 0 Å². The molecule has 1 heterocycles. The summed E-state index contributed by atoms with van der Waals surface area (Å²) in [5, 5.41) is 3.85. The summed E-state index contributed by atoms with van der Waals surface area (Å²) in [7, 11) is 0. The summed E-state index contributed by atoms with van der Waals surface area (Å²) >= 11 is 1.55. The van der Waals surface area contributed by atoms with Crippen molar-refractivity contribution in [3.63, 3.8) is 0 Å². The summed E-state index contributed by atoms with van der Waals surface area (Å²) in [5.74, 6) is -0.418. The van der Waals surface area contributed by atoms with E-state index in [1.165, 1.54) is 12.1 Å². The maximum atomic E-state index is 12.9. The summed E-state index contributed by atoms with van der Waals surface area (Å²) in [5.41, 5.74) is 1.41. The molecule has 0 aliphatic carbocycles. The fourth-order valence-electron chi connectivity index (χ4n) is 1.34. The molecule has 0 saturated carbocycles. The number of Topliss-reactive ketones (excluding diaryl/α,β-unsaturated/α-hetero) is 1. The average Bonchev–Trinajstić information content (AvgIpc) is 2.70. The van der Waals surface area contributed by atoms with Gasteiger partial charge in [-0.1, -0.05) is 12.1 Å². The zero-order valence-electron chi connectivity index (χ0n) is 7.94. The summed E-state index contributed by atoms with van der Waals surface area (Å²) < 4.78 is 12.9. The highest BCUT2D eigenvalue weighted by Crippen LogP contribution is 2.11. The Kier molecular flexibility index (Phi) is 2.92. The molecule has 2 aromatic rings. The van der Waals surface area contributed by atoms with Gasteiger partial charge in [-0.2, -0.15) is 11.3 Å². The smallest absolute Gasteiger partial charge is 0.167 e. The van der Waals surface area contributed by atoms with Gasteiger partial charge >= 0.3 is 0 Å². The van der Waals surface area contributed by atoms with Crippen LogP contribution in [0.5, 0.6) is 0 Å². The van der Waals surface area contributed by atoms with E-state index < -0.39 is 0 Å². The molecule has 0 bridgehead atoms. The number of hydrogen-bond donors (Lipinski definition) is 0. The quantitative estimate of drug-likeness (QED) is 0.725. The Morgan fingerprint density at radius 1 is 1.33 bits per heavy atom. The SMILES string of the molecule is O=C(Cc1ccsc1)c1cccc(F)c1. The predicted molar refractivity (Wildman–Crippen MR) is 58.8 cm³/mol. The van der Waals surface area contributed by atoms with Gasteiger partial charge in [0.15, 0.2) is 5.78 Å². The van der Waals surface area contributed by atoms with E-state index >= 15 is 0 Å². The van der Waals surface area contributed by atoms with Gasteiger partial charge in [-0.25, -0.2) is 4.39 Å². The standard InChI is InChI=1S/C12H9FOS/c13-11-3-1-2-10(7-11)12(14)6-9-4-5-15-8-9/h1-5,7-8H,6H2. The number of rotatable bonds is 3. The first-order valence-electron chi connectivity index (χ1n) is 4.55. The topological polar surface area (TPSA) is 17.1 Å². The second-order valence-corrected chi connectivity index (χ2v) is 4.02. The molecule has 0 atom stereocenters. The highest BCUT2D eigenvalue weighted by molar-refractivity contribution is 7.08. The van der Waals surface area contributed by atoms with Crippen LogP contribution in [-0.2, 0) is 6.42 Å². The van der Waals surface area contributed by atoms with Gasteiger partial charge in [-0.3, -0.25) is 4.79 Å². The number of carbonyl (C=O) groups is 1. The highest BCUT2D eigenvalue weighted by Gasteiger charge is 2.07. The van der Waals surface area contributed by atoms with Gasteiger partial charge < -0.3 is 0 Å². The van der Waals surface area contributed by atoms with Crippen LogP contribution < -0.4 is 0 Å². The second kappa shape index (κ2) is 4.36. The van der Waals surface area contributed by atoms with Crippen molar-refractivity contribution >= 4 is 17.1 Å². The predicted octanol–water partition coefficient (Wildman–Crippen LogP) is 3.31. The molecule has 0 aliphatic heterocycles. The molecule has 1 nitrogen and oxygen atoms in total. The normalized spacial score (nSPS) is 10.2. The fourth-order valence-corrected chi connectivity index (χ4v) is 2.01. The molecule has 2 rings (SSSR count). The molecular formula is C12H9FOS. The molecule has 0 radical (unpaired) electrons. The molecule has 1 aromatic heterocycles. The maximum Gasteiger partial charge on any atom is 0.167 e. The van der Waals surface area contributed by atoms with Crippen molar-refractivity contribution in [3.8, 4) is 0 Å². The molecule has 15 heavy (non-hydrogen) atoms. The van der Waals surface area contributed by atoms with Crippen molar-refractivity contribution in [2.45, 2.75) is 6.42 Å². The molecule has 0 N–H and O–H groups in total. The number of carbonyl (C=O) groups excluding carboxylic acids is 1. The molecule has 0 saturated heterocycles. The van der Waals surface area contributed by atoms with Crippen LogP contribution in [0.2, 0.25) is 0 Å². The Morgan fingerprint density at radius 2 is 2.20 bits per heavy atom. The lowest BCUT2D eigenvalue weighted by atomic mass is 10.1. The third-order valence-electron chi connectivity index (χ3n) is 2.09. The van der Waals surface area contributed by atoms with Crippen LogP contribution in [0.4, 0.5) is 4.39 Å². The Bertz CT molecular complexity index is 462. The maximum absolute atomic E-state index is 12.9. The summed E-state index contributed by atoms with van der Waals surface area (Å²) in [6, 6.07) is 7.70. The van der Waals surface area contributed by atoms with Crippen molar-refractivity contribution in [2.24, 2.45) is 0 Å². The van der Waals surface area contributed by atoms with Crippen molar-refractivity contribution in [1.82, 2.24) is 0 Å².